The zero-order valence-electron chi connectivity index (χ0n) is 27.4. The Morgan fingerprint density at radius 1 is 1.00 bits per heavy atom. The van der Waals surface area contributed by atoms with Gasteiger partial charge in [-0.05, 0) is 133 Å². The van der Waals surface area contributed by atoms with E-state index < -0.39 is 25.3 Å². The summed E-state index contributed by atoms with van der Waals surface area (Å²) in [5.41, 5.74) is 1.96. The second-order valence-electron chi connectivity index (χ2n) is 15.9. The molecule has 0 saturated heterocycles. The number of ether oxygens (including phenoxy) is 1. The van der Waals surface area contributed by atoms with Crippen molar-refractivity contribution in [3.63, 3.8) is 0 Å². The van der Waals surface area contributed by atoms with Crippen LogP contribution in [0, 0.1) is 29.6 Å². The number of aryl methyl sites for hydroxylation is 1. The minimum atomic E-state index is -3.57. The van der Waals surface area contributed by atoms with Crippen LogP contribution in [0.1, 0.15) is 106 Å². The predicted octanol–water partition coefficient (Wildman–Crippen LogP) is 9.21. The van der Waals surface area contributed by atoms with Crippen LogP contribution in [0.3, 0.4) is 0 Å². The van der Waals surface area contributed by atoms with Crippen LogP contribution in [0.4, 0.5) is 8.78 Å². The molecule has 0 aliphatic heterocycles. The summed E-state index contributed by atoms with van der Waals surface area (Å²) in [7, 11) is -1.83. The molecule has 44 heavy (non-hydrogen) atoms. The molecule has 0 heterocycles. The molecule has 3 nitrogen and oxygen atoms in total. The molecule has 6 heteroatoms. The third-order valence-corrected chi connectivity index (χ3v) is 17.1. The average molecular weight is 621 g/mol. The first-order chi connectivity index (χ1) is 20.6. The molecule has 3 saturated carbocycles. The van der Waals surface area contributed by atoms with E-state index in [4.69, 9.17) is 15.6 Å². The number of fused-ring (bicyclic) bond motifs is 5. The molecule has 0 aromatic heterocycles. The Bertz CT molecular complexity index is 1420. The third-order valence-electron chi connectivity index (χ3n) is 12.6. The maximum atomic E-state index is 15.4. The van der Waals surface area contributed by atoms with Crippen molar-refractivity contribution in [2.45, 2.75) is 120 Å². The first kappa shape index (κ1) is 31.8. The standard InChI is InChI=1S/C38H50F2O3Si/c1-8-38(39,40)37(41)20-19-33-31-17-15-28-23-29(42-21-22-43-44(6,7)35(2,3)4)16-18-30(28)34(31)32(24-36(33,37)5)27-13-11-26(12-14-27)25-9-10-25/h1,11-14,16,18,23,25,31-34,41H,9-10,15,17,19-22,24H2,2-7H3/t31-,32-,33-,34?,36-,37-/m0/s1. The summed E-state index contributed by atoms with van der Waals surface area (Å²) in [4.78, 5) is 0. The van der Waals surface area contributed by atoms with Crippen molar-refractivity contribution in [1.82, 2.24) is 0 Å². The van der Waals surface area contributed by atoms with E-state index in [0.717, 1.165) is 18.6 Å². The van der Waals surface area contributed by atoms with Crippen molar-refractivity contribution >= 4 is 8.32 Å². The van der Waals surface area contributed by atoms with Crippen LogP contribution in [-0.2, 0) is 10.8 Å². The van der Waals surface area contributed by atoms with Gasteiger partial charge in [0.15, 0.2) is 8.32 Å². The van der Waals surface area contributed by atoms with Crippen LogP contribution in [-0.4, -0.2) is 38.2 Å². The summed E-state index contributed by atoms with van der Waals surface area (Å²) in [5.74, 6) is 0.0117. The van der Waals surface area contributed by atoms with Crippen LogP contribution < -0.4 is 4.74 Å². The maximum Gasteiger partial charge on any atom is 0.336 e. The normalized spacial score (nSPS) is 31.9. The van der Waals surface area contributed by atoms with Crippen molar-refractivity contribution < 1.29 is 23.1 Å². The quantitative estimate of drug-likeness (QED) is 0.182. The molecule has 1 unspecified atom stereocenters. The molecule has 0 bridgehead atoms. The molecule has 238 valence electrons. The smallest absolute Gasteiger partial charge is 0.336 e. The lowest BCUT2D eigenvalue weighted by atomic mass is 9.48. The molecule has 1 N–H and O–H groups in total. The average Bonchev–Trinajstić information content (AvgIpc) is 3.79. The summed E-state index contributed by atoms with van der Waals surface area (Å²) in [5, 5.41) is 11.9. The van der Waals surface area contributed by atoms with Gasteiger partial charge in [-0.15, -0.1) is 6.42 Å². The first-order valence-electron chi connectivity index (χ1n) is 16.7. The van der Waals surface area contributed by atoms with Gasteiger partial charge in [-0.3, -0.25) is 0 Å². The van der Waals surface area contributed by atoms with E-state index in [1.807, 2.05) is 6.92 Å². The number of halogens is 2. The molecular weight excluding hydrogens is 570 g/mol. The molecule has 6 rings (SSSR count). The Labute approximate surface area is 264 Å². The third kappa shape index (κ3) is 5.16. The fourth-order valence-corrected chi connectivity index (χ4v) is 9.87. The highest BCUT2D eigenvalue weighted by Crippen LogP contribution is 2.70. The molecule has 4 aliphatic carbocycles. The van der Waals surface area contributed by atoms with E-state index in [9.17, 15) is 5.11 Å². The monoisotopic (exact) mass is 620 g/mol. The Morgan fingerprint density at radius 3 is 2.32 bits per heavy atom. The number of hydrogen-bond donors (Lipinski definition) is 1. The van der Waals surface area contributed by atoms with Gasteiger partial charge in [-0.1, -0.05) is 58.0 Å². The molecule has 0 radical (unpaired) electrons. The molecule has 0 spiro atoms. The van der Waals surface area contributed by atoms with Gasteiger partial charge < -0.3 is 14.3 Å². The van der Waals surface area contributed by atoms with Crippen LogP contribution in [0.2, 0.25) is 18.1 Å². The Morgan fingerprint density at radius 2 is 1.68 bits per heavy atom. The van der Waals surface area contributed by atoms with E-state index in [1.165, 1.54) is 35.1 Å². The number of hydrogen-bond acceptors (Lipinski definition) is 3. The van der Waals surface area contributed by atoms with E-state index in [-0.39, 0.29) is 35.1 Å². The van der Waals surface area contributed by atoms with E-state index in [1.54, 1.807) is 5.92 Å². The summed E-state index contributed by atoms with van der Waals surface area (Å²) in [6, 6.07) is 15.4. The van der Waals surface area contributed by atoms with Crippen LogP contribution in [0.25, 0.3) is 0 Å². The summed E-state index contributed by atoms with van der Waals surface area (Å²) < 4.78 is 43.3. The van der Waals surface area contributed by atoms with Gasteiger partial charge in [0.05, 0.1) is 6.61 Å². The minimum absolute atomic E-state index is 0.0107. The second-order valence-corrected chi connectivity index (χ2v) is 20.7. The first-order valence-corrected chi connectivity index (χ1v) is 19.6. The van der Waals surface area contributed by atoms with Gasteiger partial charge in [-0.2, -0.15) is 8.78 Å². The fourth-order valence-electron chi connectivity index (χ4n) is 8.84. The zero-order chi connectivity index (χ0) is 31.7. The van der Waals surface area contributed by atoms with Crippen molar-refractivity contribution in [3.8, 4) is 18.1 Å². The molecule has 2 aromatic carbocycles. The molecular formula is C38H50F2O3Si. The Kier molecular flexibility index (Phi) is 7.91. The number of alkyl halides is 2. The topological polar surface area (TPSA) is 38.7 Å². The molecule has 3 fully saturated rings. The lowest BCUT2D eigenvalue weighted by Crippen LogP contribution is -2.60. The van der Waals surface area contributed by atoms with Crippen LogP contribution >= 0.6 is 0 Å². The largest absolute Gasteiger partial charge is 0.491 e. The van der Waals surface area contributed by atoms with Gasteiger partial charge >= 0.3 is 5.92 Å². The predicted molar refractivity (Wildman–Crippen MR) is 175 cm³/mol. The van der Waals surface area contributed by atoms with Gasteiger partial charge in [0.1, 0.15) is 18.0 Å². The van der Waals surface area contributed by atoms with Crippen LogP contribution in [0.5, 0.6) is 5.75 Å². The SMILES string of the molecule is C#CC(F)(F)[C@]1(O)CC[C@H]2[C@@H]3CCc4cc(OCCO[Si](C)(C)C(C)(C)C)ccc4C3[C@H](c3ccc(C4CC4)cc3)C[C@@]21C. The maximum absolute atomic E-state index is 15.4. The number of benzene rings is 2. The van der Waals surface area contributed by atoms with Crippen LogP contribution in [0.15, 0.2) is 42.5 Å². The van der Waals surface area contributed by atoms with Gasteiger partial charge in [0.25, 0.3) is 0 Å². The highest BCUT2D eigenvalue weighted by molar-refractivity contribution is 6.74. The zero-order valence-corrected chi connectivity index (χ0v) is 28.4. The van der Waals surface area contributed by atoms with Crippen molar-refractivity contribution in [2.24, 2.45) is 17.3 Å². The molecule has 0 amide bonds. The van der Waals surface area contributed by atoms with E-state index >= 15 is 8.78 Å². The Balaban J connectivity index is 1.30. The molecule has 2 aromatic rings. The highest BCUT2D eigenvalue weighted by Gasteiger charge is 2.71. The second kappa shape index (κ2) is 11.0. The fraction of sp³-hybridized carbons (Fsp3) is 0.632. The number of rotatable bonds is 8. The number of terminal acetylenes is 1. The molecule has 6 atom stereocenters. The van der Waals surface area contributed by atoms with Crippen molar-refractivity contribution in [1.29, 1.82) is 0 Å². The van der Waals surface area contributed by atoms with Gasteiger partial charge in [0, 0.05) is 5.41 Å². The lowest BCUT2D eigenvalue weighted by Gasteiger charge is -2.57. The number of aliphatic hydroxyl groups is 1. The molecule has 4 aliphatic rings. The van der Waals surface area contributed by atoms with Gasteiger partial charge in [-0.25, -0.2) is 0 Å². The summed E-state index contributed by atoms with van der Waals surface area (Å²) in [6.07, 6.45) is 10.7. The summed E-state index contributed by atoms with van der Waals surface area (Å²) >= 11 is 0. The Hall–Kier alpha value is -2.20. The van der Waals surface area contributed by atoms with E-state index in [0.29, 0.717) is 32.0 Å². The highest BCUT2D eigenvalue weighted by atomic mass is 28.4. The van der Waals surface area contributed by atoms with Crippen molar-refractivity contribution in [2.75, 3.05) is 13.2 Å². The van der Waals surface area contributed by atoms with Crippen molar-refractivity contribution in [3.05, 3.63) is 64.7 Å². The van der Waals surface area contributed by atoms with Gasteiger partial charge in [0.2, 0.25) is 0 Å². The minimum Gasteiger partial charge on any atom is -0.491 e. The lowest BCUT2D eigenvalue weighted by molar-refractivity contribution is -0.214. The summed E-state index contributed by atoms with van der Waals surface area (Å²) in [6.45, 7) is 14.2. The van der Waals surface area contributed by atoms with E-state index in [2.05, 4.69) is 76.3 Å².